The summed E-state index contributed by atoms with van der Waals surface area (Å²) in [4.78, 5) is 25.3. The number of carbonyl (C=O) groups is 2. The number of rotatable bonds is 8. The lowest BCUT2D eigenvalue weighted by atomic mass is 10.1. The Balaban J connectivity index is 2.64. The number of anilines is 1. The first kappa shape index (κ1) is 21.8. The normalized spacial score (nSPS) is 12.2. The number of carbonyl (C=O) groups excluding carboxylic acids is 2. The molecule has 1 aromatic rings. The summed E-state index contributed by atoms with van der Waals surface area (Å²) >= 11 is 0. The van der Waals surface area contributed by atoms with Crippen molar-refractivity contribution in [2.75, 3.05) is 38.9 Å². The van der Waals surface area contributed by atoms with Gasteiger partial charge in [0, 0.05) is 25.9 Å². The molecule has 0 aromatic heterocycles. The molecular formula is C19H30N2O5. The van der Waals surface area contributed by atoms with Gasteiger partial charge in [-0.2, -0.15) is 0 Å². The van der Waals surface area contributed by atoms with Crippen LogP contribution in [0.15, 0.2) is 24.3 Å². The van der Waals surface area contributed by atoms with Crippen LogP contribution in [-0.2, 0) is 14.2 Å². The maximum atomic E-state index is 11.8. The van der Waals surface area contributed by atoms with Crippen LogP contribution in [0.3, 0.4) is 0 Å². The van der Waals surface area contributed by atoms with Gasteiger partial charge in [0.05, 0.1) is 12.7 Å². The van der Waals surface area contributed by atoms with Gasteiger partial charge >= 0.3 is 12.1 Å². The van der Waals surface area contributed by atoms with Gasteiger partial charge in [0.2, 0.25) is 0 Å². The second-order valence-electron chi connectivity index (χ2n) is 7.17. The summed E-state index contributed by atoms with van der Waals surface area (Å²) in [5, 5.41) is 2.78. The zero-order valence-corrected chi connectivity index (χ0v) is 16.5. The fourth-order valence-electron chi connectivity index (χ4n) is 2.33. The summed E-state index contributed by atoms with van der Waals surface area (Å²) in [6, 6.07) is 7.12. The van der Waals surface area contributed by atoms with E-state index in [4.69, 9.17) is 14.2 Å². The number of alkyl carbamates (subject to hydrolysis) is 1. The van der Waals surface area contributed by atoms with Crippen LogP contribution in [0.25, 0.3) is 0 Å². The molecule has 0 aliphatic rings. The number of ether oxygens (including phenoxy) is 3. The summed E-state index contributed by atoms with van der Waals surface area (Å²) in [5.41, 5.74) is 0.897. The van der Waals surface area contributed by atoms with Crippen molar-refractivity contribution in [2.45, 2.75) is 33.3 Å². The minimum Gasteiger partial charge on any atom is -0.465 e. The molecule has 0 fully saturated rings. The van der Waals surface area contributed by atoms with E-state index in [1.807, 2.05) is 44.7 Å². The van der Waals surface area contributed by atoms with Gasteiger partial charge in [-0.1, -0.05) is 6.92 Å². The van der Waals surface area contributed by atoms with Crippen LogP contribution in [-0.4, -0.2) is 51.7 Å². The zero-order valence-electron chi connectivity index (χ0n) is 16.5. The second kappa shape index (κ2) is 10.0. The van der Waals surface area contributed by atoms with E-state index in [9.17, 15) is 9.59 Å². The van der Waals surface area contributed by atoms with E-state index in [-0.39, 0.29) is 11.9 Å². The molecule has 7 nitrogen and oxygen atoms in total. The van der Waals surface area contributed by atoms with Gasteiger partial charge in [0.1, 0.15) is 12.3 Å². The van der Waals surface area contributed by atoms with Crippen LogP contribution in [0.4, 0.5) is 10.5 Å². The first-order valence-corrected chi connectivity index (χ1v) is 8.55. The molecule has 146 valence electrons. The largest absolute Gasteiger partial charge is 0.465 e. The van der Waals surface area contributed by atoms with Gasteiger partial charge in [-0.3, -0.25) is 0 Å². The molecule has 0 unspecified atom stereocenters. The number of hydrogen-bond donors (Lipinski definition) is 1. The van der Waals surface area contributed by atoms with Gasteiger partial charge in [-0.25, -0.2) is 9.59 Å². The summed E-state index contributed by atoms with van der Waals surface area (Å²) < 4.78 is 15.2. The van der Waals surface area contributed by atoms with E-state index in [1.54, 1.807) is 19.2 Å². The molecule has 0 radical (unpaired) electrons. The Morgan fingerprint density at radius 3 is 2.27 bits per heavy atom. The van der Waals surface area contributed by atoms with Crippen LogP contribution >= 0.6 is 0 Å². The van der Waals surface area contributed by atoms with E-state index in [0.717, 1.165) is 5.69 Å². The first-order valence-electron chi connectivity index (χ1n) is 8.55. The molecule has 1 N–H and O–H groups in total. The Morgan fingerprint density at radius 2 is 1.77 bits per heavy atom. The Bertz CT molecular complexity index is 581. The van der Waals surface area contributed by atoms with Gasteiger partial charge in [0.15, 0.2) is 0 Å². The lowest BCUT2D eigenvalue weighted by Gasteiger charge is -2.27. The standard InChI is InChI=1S/C19H30N2O5/c1-14(11-20-18(23)26-19(2,3)4)12-21(13-24-5)16-9-7-15(8-10-16)17(22)25-6/h7-10,14H,11-13H2,1-6H3,(H,20,23)/t14-/m0/s1. The Hall–Kier alpha value is -2.28. The molecule has 1 amide bonds. The number of methoxy groups -OCH3 is 2. The number of nitrogens with one attached hydrogen (secondary N) is 1. The third-order valence-electron chi connectivity index (χ3n) is 3.46. The average Bonchev–Trinajstić information content (AvgIpc) is 2.57. The SMILES string of the molecule is COCN(C[C@@H](C)CNC(=O)OC(C)(C)C)c1ccc(C(=O)OC)cc1. The molecule has 1 atom stereocenters. The molecule has 1 rings (SSSR count). The maximum Gasteiger partial charge on any atom is 0.407 e. The molecule has 7 heteroatoms. The van der Waals surface area contributed by atoms with Gasteiger partial charge in [-0.15, -0.1) is 0 Å². The molecule has 0 saturated heterocycles. The van der Waals surface area contributed by atoms with Crippen LogP contribution in [0, 0.1) is 5.92 Å². The highest BCUT2D eigenvalue weighted by molar-refractivity contribution is 5.89. The topological polar surface area (TPSA) is 77.1 Å². The molecule has 0 heterocycles. The quantitative estimate of drug-likeness (QED) is 0.563. The Kier molecular flexibility index (Phi) is 8.38. The molecule has 0 saturated carbocycles. The van der Waals surface area contributed by atoms with Gasteiger partial charge < -0.3 is 24.4 Å². The molecule has 1 aromatic carbocycles. The van der Waals surface area contributed by atoms with E-state index >= 15 is 0 Å². The summed E-state index contributed by atoms with van der Waals surface area (Å²) in [6.07, 6.45) is -0.426. The van der Waals surface area contributed by atoms with Crippen molar-refractivity contribution in [3.63, 3.8) is 0 Å². The molecule has 0 bridgehead atoms. The van der Waals surface area contributed by atoms with Crippen LogP contribution < -0.4 is 10.2 Å². The van der Waals surface area contributed by atoms with Gasteiger partial charge in [0.25, 0.3) is 0 Å². The van der Waals surface area contributed by atoms with Crippen molar-refractivity contribution in [3.05, 3.63) is 29.8 Å². The third kappa shape index (κ3) is 7.74. The predicted octanol–water partition coefficient (Wildman–Crippen LogP) is 3.04. The summed E-state index contributed by atoms with van der Waals surface area (Å²) in [5.74, 6) is -0.206. The van der Waals surface area contributed by atoms with Crippen LogP contribution in [0.2, 0.25) is 0 Å². The monoisotopic (exact) mass is 366 g/mol. The fraction of sp³-hybridized carbons (Fsp3) is 0.579. The average molecular weight is 366 g/mol. The maximum absolute atomic E-state index is 11.8. The van der Waals surface area contributed by atoms with Crippen molar-refractivity contribution >= 4 is 17.7 Å². The fourth-order valence-corrected chi connectivity index (χ4v) is 2.33. The Labute approximate surface area is 155 Å². The smallest absolute Gasteiger partial charge is 0.407 e. The first-order chi connectivity index (χ1) is 12.2. The highest BCUT2D eigenvalue weighted by Gasteiger charge is 2.17. The van der Waals surface area contributed by atoms with E-state index in [2.05, 4.69) is 5.32 Å². The number of nitrogens with zero attached hydrogens (tertiary/aromatic N) is 1. The number of hydrogen-bond acceptors (Lipinski definition) is 6. The van der Waals surface area contributed by atoms with Crippen molar-refractivity contribution in [1.82, 2.24) is 5.32 Å². The second-order valence-corrected chi connectivity index (χ2v) is 7.17. The molecule has 26 heavy (non-hydrogen) atoms. The van der Waals surface area contributed by atoms with Crippen molar-refractivity contribution in [1.29, 1.82) is 0 Å². The van der Waals surface area contributed by atoms with Crippen molar-refractivity contribution in [3.8, 4) is 0 Å². The highest BCUT2D eigenvalue weighted by Crippen LogP contribution is 2.17. The number of benzene rings is 1. The van der Waals surface area contributed by atoms with E-state index < -0.39 is 11.7 Å². The minimum absolute atomic E-state index is 0.165. The Morgan fingerprint density at radius 1 is 1.15 bits per heavy atom. The lowest BCUT2D eigenvalue weighted by Crippen LogP contribution is -2.38. The molecule has 0 aliphatic carbocycles. The third-order valence-corrected chi connectivity index (χ3v) is 3.46. The predicted molar refractivity (Wildman–Crippen MR) is 100 cm³/mol. The molecule has 0 spiro atoms. The lowest BCUT2D eigenvalue weighted by molar-refractivity contribution is 0.0519. The van der Waals surface area contributed by atoms with Gasteiger partial charge in [-0.05, 0) is 51.0 Å². The zero-order chi connectivity index (χ0) is 19.7. The van der Waals surface area contributed by atoms with Crippen molar-refractivity contribution in [2.24, 2.45) is 5.92 Å². The highest BCUT2D eigenvalue weighted by atomic mass is 16.6. The van der Waals surface area contributed by atoms with Crippen LogP contribution in [0.5, 0.6) is 0 Å². The minimum atomic E-state index is -0.517. The van der Waals surface area contributed by atoms with E-state index in [1.165, 1.54) is 7.11 Å². The number of amides is 1. The summed E-state index contributed by atoms with van der Waals surface area (Å²) in [6.45, 7) is 9.06. The molecular weight excluding hydrogens is 336 g/mol. The molecule has 0 aliphatic heterocycles. The number of esters is 1. The summed E-state index contributed by atoms with van der Waals surface area (Å²) in [7, 11) is 2.98. The van der Waals surface area contributed by atoms with Crippen LogP contribution in [0.1, 0.15) is 38.1 Å². The van der Waals surface area contributed by atoms with E-state index in [0.29, 0.717) is 25.4 Å². The van der Waals surface area contributed by atoms with Crippen molar-refractivity contribution < 1.29 is 23.8 Å².